The van der Waals surface area contributed by atoms with Gasteiger partial charge in [0.2, 0.25) is 5.78 Å². The molecular weight excluding hydrogens is 402 g/mol. The third kappa shape index (κ3) is 2.95. The normalized spacial score (nSPS) is 38.0. The summed E-state index contributed by atoms with van der Waals surface area (Å²) in [5.41, 5.74) is 5.30. The van der Waals surface area contributed by atoms with E-state index in [9.17, 15) is 14.4 Å². The van der Waals surface area contributed by atoms with Crippen molar-refractivity contribution in [1.29, 1.82) is 0 Å². The maximum atomic E-state index is 13.6. The van der Waals surface area contributed by atoms with E-state index in [-0.39, 0.29) is 30.3 Å². The molecule has 0 spiro atoms. The van der Waals surface area contributed by atoms with Crippen LogP contribution >= 0.6 is 0 Å². The van der Waals surface area contributed by atoms with Crippen LogP contribution in [0.25, 0.3) is 0 Å². The van der Waals surface area contributed by atoms with E-state index in [1.54, 1.807) is 14.0 Å². The van der Waals surface area contributed by atoms with Gasteiger partial charge in [0, 0.05) is 31.8 Å². The number of allylic oxidation sites excluding steroid dienone is 1. The number of aliphatic imine (C=N–C) groups is 1. The molecular formula is C21H29N5O5. The number of rotatable bonds is 6. The third-order valence-corrected chi connectivity index (χ3v) is 7.44. The van der Waals surface area contributed by atoms with Gasteiger partial charge >= 0.3 is 6.09 Å². The second-order valence-corrected chi connectivity index (χ2v) is 8.99. The molecule has 10 nitrogen and oxygen atoms in total. The number of amides is 1. The fourth-order valence-electron chi connectivity index (χ4n) is 5.91. The molecule has 0 radical (unpaired) electrons. The summed E-state index contributed by atoms with van der Waals surface area (Å²) in [5.74, 6) is -1.60. The Morgan fingerprint density at radius 2 is 2.06 bits per heavy atom. The summed E-state index contributed by atoms with van der Waals surface area (Å²) < 4.78 is 11.1. The van der Waals surface area contributed by atoms with E-state index in [4.69, 9.17) is 15.2 Å². The van der Waals surface area contributed by atoms with E-state index < -0.39 is 23.7 Å². The van der Waals surface area contributed by atoms with Crippen molar-refractivity contribution in [3.8, 4) is 0 Å². The summed E-state index contributed by atoms with van der Waals surface area (Å²) in [6.45, 7) is 5.55. The number of nitrogens with zero attached hydrogens (tertiary/aromatic N) is 3. The molecule has 5 rings (SSSR count). The Hall–Kier alpha value is -2.30. The van der Waals surface area contributed by atoms with E-state index in [1.165, 1.54) is 12.8 Å². The lowest BCUT2D eigenvalue weighted by molar-refractivity contribution is -0.138. The summed E-state index contributed by atoms with van der Waals surface area (Å²) in [7, 11) is 1.56. The van der Waals surface area contributed by atoms with E-state index in [0.29, 0.717) is 30.1 Å². The van der Waals surface area contributed by atoms with Crippen LogP contribution in [0.3, 0.4) is 0 Å². The van der Waals surface area contributed by atoms with E-state index in [1.807, 2.05) is 4.90 Å². The fraction of sp³-hybridized carbons (Fsp3) is 0.714. The van der Waals surface area contributed by atoms with Gasteiger partial charge in [-0.25, -0.2) is 4.79 Å². The van der Waals surface area contributed by atoms with Crippen LogP contribution in [0, 0.1) is 11.8 Å². The molecule has 0 aromatic heterocycles. The number of likely N-dealkylation sites (tertiary alicyclic amines) is 1. The number of nitrogens with one attached hydrogen (secondary N) is 1. The molecule has 5 atom stereocenters. The molecule has 168 valence electrons. The Morgan fingerprint density at radius 3 is 2.74 bits per heavy atom. The maximum Gasteiger partial charge on any atom is 0.404 e. The number of hydrogen-bond acceptors (Lipinski definition) is 9. The van der Waals surface area contributed by atoms with Gasteiger partial charge in [0.1, 0.15) is 6.61 Å². The molecule has 3 N–H and O–H groups in total. The van der Waals surface area contributed by atoms with E-state index in [0.717, 1.165) is 19.6 Å². The lowest BCUT2D eigenvalue weighted by Crippen LogP contribution is -2.55. The quantitative estimate of drug-likeness (QED) is 0.526. The van der Waals surface area contributed by atoms with Gasteiger partial charge in [-0.3, -0.25) is 14.6 Å². The zero-order chi connectivity index (χ0) is 21.9. The van der Waals surface area contributed by atoms with Gasteiger partial charge in [0.15, 0.2) is 11.5 Å². The maximum absolute atomic E-state index is 13.6. The first kappa shape index (κ1) is 20.6. The van der Waals surface area contributed by atoms with Crippen molar-refractivity contribution in [2.24, 2.45) is 22.6 Å². The summed E-state index contributed by atoms with van der Waals surface area (Å²) in [6.07, 6.45) is 1.45. The Kier molecular flexibility index (Phi) is 4.91. The predicted molar refractivity (Wildman–Crippen MR) is 110 cm³/mol. The van der Waals surface area contributed by atoms with Crippen molar-refractivity contribution in [3.05, 3.63) is 11.3 Å². The number of hydrogen-bond donors (Lipinski definition) is 2. The summed E-state index contributed by atoms with van der Waals surface area (Å²) >= 11 is 0. The average molecular weight is 431 g/mol. The molecule has 4 heterocycles. The van der Waals surface area contributed by atoms with Crippen molar-refractivity contribution in [3.63, 3.8) is 0 Å². The number of methoxy groups -OCH3 is 1. The average Bonchev–Trinajstić information content (AvgIpc) is 3.11. The summed E-state index contributed by atoms with van der Waals surface area (Å²) in [6, 6.07) is 0.134. The number of primary amides is 1. The first-order valence-electron chi connectivity index (χ1n) is 11.0. The van der Waals surface area contributed by atoms with Crippen LogP contribution in [0.15, 0.2) is 16.3 Å². The number of ether oxygens (including phenoxy) is 2. The second-order valence-electron chi connectivity index (χ2n) is 8.99. The van der Waals surface area contributed by atoms with Gasteiger partial charge < -0.3 is 30.3 Å². The number of piperazine rings is 1. The van der Waals surface area contributed by atoms with Gasteiger partial charge in [-0.2, -0.15) is 0 Å². The Bertz CT molecular complexity index is 895. The van der Waals surface area contributed by atoms with Crippen LogP contribution in [0.2, 0.25) is 0 Å². The summed E-state index contributed by atoms with van der Waals surface area (Å²) in [4.78, 5) is 47.2. The molecule has 31 heavy (non-hydrogen) atoms. The molecule has 1 amide bonds. The van der Waals surface area contributed by atoms with Crippen LogP contribution in [-0.2, 0) is 19.1 Å². The highest BCUT2D eigenvalue weighted by Crippen LogP contribution is 2.55. The summed E-state index contributed by atoms with van der Waals surface area (Å²) in [5, 5.41) is 3.35. The second kappa shape index (κ2) is 7.39. The van der Waals surface area contributed by atoms with Gasteiger partial charge in [-0.15, -0.1) is 0 Å². The Labute approximate surface area is 180 Å². The molecule has 3 fully saturated rings. The predicted octanol–water partition coefficient (Wildman–Crippen LogP) is -0.711. The van der Waals surface area contributed by atoms with Crippen LogP contribution in [-0.4, -0.2) is 97.4 Å². The minimum atomic E-state index is -0.944. The highest BCUT2D eigenvalue weighted by molar-refractivity contribution is 6.53. The van der Waals surface area contributed by atoms with Crippen molar-refractivity contribution in [2.75, 3.05) is 46.4 Å². The molecule has 0 aromatic carbocycles. The SMILES string of the molecule is COC12C(COC(N)=O)C3=C(C(=O)C(C)C(=NCCN4CCCC4)C3=O)N1CC1NC12. The van der Waals surface area contributed by atoms with Crippen LogP contribution in [0.4, 0.5) is 4.79 Å². The molecule has 5 aliphatic rings. The smallest absolute Gasteiger partial charge is 0.404 e. The van der Waals surface area contributed by atoms with Crippen LogP contribution in [0.1, 0.15) is 19.8 Å². The number of carbonyl (C=O) groups is 3. The van der Waals surface area contributed by atoms with Gasteiger partial charge in [0.05, 0.1) is 35.8 Å². The van der Waals surface area contributed by atoms with Gasteiger partial charge in [-0.1, -0.05) is 0 Å². The number of ketones is 2. The van der Waals surface area contributed by atoms with Crippen molar-refractivity contribution in [2.45, 2.75) is 37.6 Å². The van der Waals surface area contributed by atoms with Crippen LogP contribution < -0.4 is 11.1 Å². The zero-order valence-electron chi connectivity index (χ0n) is 17.9. The molecule has 5 unspecified atom stereocenters. The van der Waals surface area contributed by atoms with Gasteiger partial charge in [0.25, 0.3) is 0 Å². The molecule has 0 bridgehead atoms. The largest absolute Gasteiger partial charge is 0.449 e. The minimum Gasteiger partial charge on any atom is -0.449 e. The third-order valence-electron chi connectivity index (χ3n) is 7.44. The fourth-order valence-corrected chi connectivity index (χ4v) is 5.91. The highest BCUT2D eigenvalue weighted by atomic mass is 16.6. The Balaban J connectivity index is 1.48. The lowest BCUT2D eigenvalue weighted by atomic mass is 9.78. The lowest BCUT2D eigenvalue weighted by Gasteiger charge is -2.39. The molecule has 1 aliphatic carbocycles. The molecule has 0 saturated carbocycles. The molecule has 3 saturated heterocycles. The van der Waals surface area contributed by atoms with Crippen molar-refractivity contribution < 1.29 is 23.9 Å². The zero-order valence-corrected chi connectivity index (χ0v) is 17.9. The standard InChI is InChI=1S/C21H29N5O5/c1-11-15(23-5-8-25-6-3-4-7-25)18(28)14-12(10-31-20(22)29)21(30-2)19-13(24-19)9-26(21)16(14)17(11)27/h11-13,19,24H,3-10H2,1-2H3,(H2,22,29). The first-order valence-corrected chi connectivity index (χ1v) is 11.0. The molecule has 0 aromatic rings. The van der Waals surface area contributed by atoms with E-state index >= 15 is 0 Å². The number of fused-ring (bicyclic) bond motifs is 4. The van der Waals surface area contributed by atoms with Crippen molar-refractivity contribution in [1.82, 2.24) is 15.1 Å². The van der Waals surface area contributed by atoms with E-state index in [2.05, 4.69) is 15.2 Å². The van der Waals surface area contributed by atoms with Crippen molar-refractivity contribution >= 4 is 23.4 Å². The van der Waals surface area contributed by atoms with Crippen LogP contribution in [0.5, 0.6) is 0 Å². The minimum absolute atomic E-state index is 0.0453. The topological polar surface area (TPSA) is 136 Å². The monoisotopic (exact) mass is 431 g/mol. The first-order chi connectivity index (χ1) is 14.9. The Morgan fingerprint density at radius 1 is 1.32 bits per heavy atom. The number of Topliss-reactive ketones (excluding diaryl/α,β-unsaturated/α-hetero) is 2. The van der Waals surface area contributed by atoms with Gasteiger partial charge in [-0.05, 0) is 32.9 Å². The molecule has 10 heteroatoms. The number of nitrogens with two attached hydrogens (primary N) is 1. The number of carbonyl (C=O) groups excluding carboxylic acids is 3. The molecule has 4 aliphatic heterocycles. The highest BCUT2D eigenvalue weighted by Gasteiger charge is 2.73.